The highest BCUT2D eigenvalue weighted by atomic mass is 32.2. The van der Waals surface area contributed by atoms with Gasteiger partial charge in [0.2, 0.25) is 0 Å². The molecule has 0 unspecified atom stereocenters. The highest BCUT2D eigenvalue weighted by Crippen LogP contribution is 2.29. The molecular formula is C19H23N3O4S. The zero-order valence-corrected chi connectivity index (χ0v) is 16.8. The molecule has 0 spiro atoms. The first-order valence-corrected chi connectivity index (χ1v) is 9.34. The number of rotatable bonds is 6. The zero-order chi connectivity index (χ0) is 20.0. The summed E-state index contributed by atoms with van der Waals surface area (Å²) in [5.41, 5.74) is 3.04. The van der Waals surface area contributed by atoms with Gasteiger partial charge in [-0.05, 0) is 60.4 Å². The number of nitrogens with one attached hydrogen (secondary N) is 1. The number of carbonyl (C=O) groups excluding carboxylic acids is 2. The van der Waals surface area contributed by atoms with Crippen LogP contribution in [0, 0.1) is 6.92 Å². The van der Waals surface area contributed by atoms with Crippen molar-refractivity contribution < 1.29 is 19.1 Å². The highest BCUT2D eigenvalue weighted by Gasteiger charge is 2.25. The largest absolute Gasteiger partial charge is 0.494 e. The van der Waals surface area contributed by atoms with Crippen LogP contribution in [0.2, 0.25) is 0 Å². The summed E-state index contributed by atoms with van der Waals surface area (Å²) >= 11 is 1.03. The molecule has 1 amide bonds. The molecule has 7 nitrogen and oxygen atoms in total. The van der Waals surface area contributed by atoms with Crippen LogP contribution < -0.4 is 10.1 Å². The lowest BCUT2D eigenvalue weighted by atomic mass is 9.97. The second-order valence-electron chi connectivity index (χ2n) is 6.07. The Morgan fingerprint density at radius 1 is 1.37 bits per heavy atom. The number of amides is 1. The van der Waals surface area contributed by atoms with Gasteiger partial charge in [0.25, 0.3) is 5.91 Å². The Kier molecular flexibility index (Phi) is 7.18. The molecule has 1 aromatic carbocycles. The molecule has 0 radical (unpaired) electrons. The maximum atomic E-state index is 11.8. The quantitative estimate of drug-likeness (QED) is 0.349. The Hall–Kier alpha value is -2.61. The highest BCUT2D eigenvalue weighted by molar-refractivity contribution is 8.18. The average Bonchev–Trinajstić information content (AvgIpc) is 2.96. The molecule has 0 bridgehead atoms. The van der Waals surface area contributed by atoms with Gasteiger partial charge in [0.05, 0.1) is 24.8 Å². The van der Waals surface area contributed by atoms with Gasteiger partial charge in [0.1, 0.15) is 5.75 Å². The second-order valence-corrected chi connectivity index (χ2v) is 7.10. The Bertz CT molecular complexity index is 828. The average molecular weight is 389 g/mol. The molecule has 0 aromatic heterocycles. The fourth-order valence-corrected chi connectivity index (χ4v) is 3.11. The third-order valence-electron chi connectivity index (χ3n) is 3.77. The van der Waals surface area contributed by atoms with Crippen molar-refractivity contribution in [2.45, 2.75) is 33.6 Å². The zero-order valence-electron chi connectivity index (χ0n) is 16.0. The Morgan fingerprint density at radius 2 is 2.11 bits per heavy atom. The lowest BCUT2D eigenvalue weighted by Gasteiger charge is -2.15. The summed E-state index contributed by atoms with van der Waals surface area (Å²) in [5.74, 6) is 0.188. The number of hydrogen-bond donors (Lipinski definition) is 1. The molecule has 8 heteroatoms. The number of methoxy groups -OCH3 is 1. The lowest BCUT2D eigenvalue weighted by molar-refractivity contribution is -0.135. The van der Waals surface area contributed by atoms with Crippen LogP contribution in [-0.2, 0) is 14.3 Å². The van der Waals surface area contributed by atoms with Crippen molar-refractivity contribution in [2.75, 3.05) is 13.7 Å². The summed E-state index contributed by atoms with van der Waals surface area (Å²) < 4.78 is 10.2. The van der Waals surface area contributed by atoms with Gasteiger partial charge >= 0.3 is 5.97 Å². The van der Waals surface area contributed by atoms with Gasteiger partial charge in [-0.3, -0.25) is 10.1 Å². The van der Waals surface area contributed by atoms with E-state index in [4.69, 9.17) is 4.74 Å². The van der Waals surface area contributed by atoms with Gasteiger partial charge in [-0.2, -0.15) is 5.10 Å². The van der Waals surface area contributed by atoms with Crippen molar-refractivity contribution in [1.29, 1.82) is 0 Å². The topological polar surface area (TPSA) is 89.4 Å². The Morgan fingerprint density at radius 3 is 2.74 bits per heavy atom. The first kappa shape index (κ1) is 20.7. The van der Waals surface area contributed by atoms with Crippen LogP contribution in [-0.4, -0.2) is 37.0 Å². The van der Waals surface area contributed by atoms with Crippen molar-refractivity contribution in [1.82, 2.24) is 5.32 Å². The van der Waals surface area contributed by atoms with E-state index < -0.39 is 11.9 Å². The number of benzene rings is 1. The van der Waals surface area contributed by atoms with Gasteiger partial charge in [-0.1, -0.05) is 13.8 Å². The Balaban J connectivity index is 2.20. The van der Waals surface area contributed by atoms with Crippen LogP contribution in [0.25, 0.3) is 0 Å². The SMILES string of the molecule is CCOc1cc(C)c(C=N/N=C2/NC(=O)/C(=C\C(=O)OC)S2)cc1C(C)C. The number of esters is 1. The normalized spacial score (nSPS) is 17.2. The first-order valence-electron chi connectivity index (χ1n) is 8.52. The minimum absolute atomic E-state index is 0.218. The minimum Gasteiger partial charge on any atom is -0.494 e. The van der Waals surface area contributed by atoms with Gasteiger partial charge < -0.3 is 9.47 Å². The maximum absolute atomic E-state index is 11.8. The summed E-state index contributed by atoms with van der Waals surface area (Å²) in [4.78, 5) is 23.3. The molecule has 0 atom stereocenters. The third kappa shape index (κ3) is 5.43. The van der Waals surface area contributed by atoms with Crippen LogP contribution in [0.4, 0.5) is 0 Å². The van der Waals surface area contributed by atoms with E-state index in [-0.39, 0.29) is 4.91 Å². The van der Waals surface area contributed by atoms with Crippen LogP contribution in [0.15, 0.2) is 33.3 Å². The standard InChI is InChI=1S/C19H23N3O4S/c1-6-26-15-7-12(4)13(8-14(15)11(2)3)10-20-22-19-21-18(24)16(27-19)9-17(23)25-5/h7-11H,6H2,1-5H3,(H,21,22,24)/b16-9+,20-10?. The van der Waals surface area contributed by atoms with Gasteiger partial charge in [0.15, 0.2) is 5.17 Å². The fraction of sp³-hybridized carbons (Fsp3) is 0.368. The van der Waals surface area contributed by atoms with E-state index in [1.807, 2.05) is 26.0 Å². The van der Waals surface area contributed by atoms with Gasteiger partial charge in [-0.25, -0.2) is 4.79 Å². The molecule has 0 aliphatic carbocycles. The molecule has 1 aromatic rings. The molecule has 2 rings (SSSR count). The van der Waals surface area contributed by atoms with Crippen molar-refractivity contribution in [3.05, 3.63) is 39.8 Å². The minimum atomic E-state index is -0.594. The summed E-state index contributed by atoms with van der Waals surface area (Å²) in [6.45, 7) is 8.76. The van der Waals surface area contributed by atoms with Crippen LogP contribution >= 0.6 is 11.8 Å². The third-order valence-corrected chi connectivity index (χ3v) is 4.67. The Labute approximate surface area is 162 Å². The molecule has 0 saturated carbocycles. The summed E-state index contributed by atoms with van der Waals surface area (Å²) in [7, 11) is 1.25. The molecule has 27 heavy (non-hydrogen) atoms. The number of nitrogens with zero attached hydrogens (tertiary/aromatic N) is 2. The lowest BCUT2D eigenvalue weighted by Crippen LogP contribution is -2.19. The molecule has 144 valence electrons. The van der Waals surface area contributed by atoms with Gasteiger partial charge in [0, 0.05) is 6.08 Å². The maximum Gasteiger partial charge on any atom is 0.331 e. The number of aryl methyl sites for hydroxylation is 1. The van der Waals surface area contributed by atoms with E-state index in [1.165, 1.54) is 7.11 Å². The fourth-order valence-electron chi connectivity index (χ4n) is 2.37. The van der Waals surface area contributed by atoms with Crippen LogP contribution in [0.3, 0.4) is 0 Å². The molecule has 1 saturated heterocycles. The molecular weight excluding hydrogens is 366 g/mol. The van der Waals surface area contributed by atoms with E-state index in [9.17, 15) is 9.59 Å². The summed E-state index contributed by atoms with van der Waals surface area (Å²) in [5, 5.41) is 11.0. The monoisotopic (exact) mass is 389 g/mol. The number of amidine groups is 1. The molecule has 1 heterocycles. The number of carbonyl (C=O) groups is 2. The van der Waals surface area contributed by atoms with Crippen molar-refractivity contribution in [2.24, 2.45) is 10.2 Å². The molecule has 1 aliphatic heterocycles. The van der Waals surface area contributed by atoms with E-state index >= 15 is 0 Å². The number of hydrogen-bond acceptors (Lipinski definition) is 7. The molecule has 1 aliphatic rings. The smallest absolute Gasteiger partial charge is 0.331 e. The van der Waals surface area contributed by atoms with E-state index in [0.717, 1.165) is 40.3 Å². The number of ether oxygens (including phenoxy) is 2. The van der Waals surface area contributed by atoms with E-state index in [1.54, 1.807) is 6.21 Å². The van der Waals surface area contributed by atoms with Crippen molar-refractivity contribution in [3.63, 3.8) is 0 Å². The predicted molar refractivity (Wildman–Crippen MR) is 107 cm³/mol. The van der Waals surface area contributed by atoms with Crippen LogP contribution in [0.5, 0.6) is 5.75 Å². The second kappa shape index (κ2) is 9.36. The van der Waals surface area contributed by atoms with Crippen molar-refractivity contribution in [3.8, 4) is 5.75 Å². The van der Waals surface area contributed by atoms with E-state index in [2.05, 4.69) is 34.1 Å². The number of thioether (sulfide) groups is 1. The summed E-state index contributed by atoms with van der Waals surface area (Å²) in [6.07, 6.45) is 2.76. The van der Waals surface area contributed by atoms with E-state index in [0.29, 0.717) is 17.7 Å². The van der Waals surface area contributed by atoms with Crippen molar-refractivity contribution >= 4 is 35.0 Å². The van der Waals surface area contributed by atoms with Crippen LogP contribution in [0.1, 0.15) is 43.4 Å². The van der Waals surface area contributed by atoms with Gasteiger partial charge in [-0.15, -0.1) is 5.10 Å². The predicted octanol–water partition coefficient (Wildman–Crippen LogP) is 3.13. The molecule has 1 N–H and O–H groups in total. The molecule has 1 fully saturated rings. The summed E-state index contributed by atoms with van der Waals surface area (Å²) in [6, 6.07) is 4.04. The first-order chi connectivity index (χ1) is 12.8.